The molecular formula is C20H29FO. The smallest absolute Gasteiger partial charge is 0.141 e. The van der Waals surface area contributed by atoms with Gasteiger partial charge in [0.15, 0.2) is 0 Å². The van der Waals surface area contributed by atoms with Gasteiger partial charge in [0, 0.05) is 17.8 Å². The summed E-state index contributed by atoms with van der Waals surface area (Å²) in [6, 6.07) is 0. The first kappa shape index (κ1) is 14.9. The Kier molecular flexibility index (Phi) is 3.17. The number of allylic oxidation sites excluding steroid dienone is 2. The molecule has 0 aromatic heterocycles. The van der Waals surface area contributed by atoms with Gasteiger partial charge in [-0.05, 0) is 67.3 Å². The summed E-state index contributed by atoms with van der Waals surface area (Å²) >= 11 is 0. The third kappa shape index (κ3) is 1.73. The molecule has 122 valence electrons. The molecule has 0 amide bonds. The Morgan fingerprint density at radius 2 is 1.86 bits per heavy atom. The van der Waals surface area contributed by atoms with Gasteiger partial charge in [-0.3, -0.25) is 4.79 Å². The molecule has 1 nitrogen and oxygen atoms in total. The number of carbonyl (C=O) groups is 1. The minimum atomic E-state index is -0.163. The molecule has 3 saturated carbocycles. The van der Waals surface area contributed by atoms with Crippen LogP contribution in [-0.4, -0.2) is 5.78 Å². The number of carbonyl (C=O) groups excluding carboxylic acids is 1. The van der Waals surface area contributed by atoms with Gasteiger partial charge in [0.05, 0.1) is 5.83 Å². The third-order valence-electron chi connectivity index (χ3n) is 8.07. The van der Waals surface area contributed by atoms with Crippen molar-refractivity contribution in [2.75, 3.05) is 0 Å². The normalized spacial score (nSPS) is 51.4. The van der Waals surface area contributed by atoms with E-state index in [-0.39, 0.29) is 22.6 Å². The van der Waals surface area contributed by atoms with Crippen molar-refractivity contribution in [3.8, 4) is 0 Å². The van der Waals surface area contributed by atoms with E-state index in [2.05, 4.69) is 20.8 Å². The molecule has 22 heavy (non-hydrogen) atoms. The predicted octanol–water partition coefficient (Wildman–Crippen LogP) is 5.45. The zero-order valence-corrected chi connectivity index (χ0v) is 14.3. The van der Waals surface area contributed by atoms with Gasteiger partial charge in [0.1, 0.15) is 5.78 Å². The van der Waals surface area contributed by atoms with Crippen LogP contribution in [0.3, 0.4) is 0 Å². The van der Waals surface area contributed by atoms with Crippen LogP contribution < -0.4 is 0 Å². The molecule has 0 spiro atoms. The van der Waals surface area contributed by atoms with Crippen molar-refractivity contribution in [3.05, 3.63) is 11.4 Å². The van der Waals surface area contributed by atoms with Gasteiger partial charge in [0.25, 0.3) is 0 Å². The topological polar surface area (TPSA) is 17.1 Å². The second kappa shape index (κ2) is 4.68. The maximum Gasteiger partial charge on any atom is 0.141 e. The van der Waals surface area contributed by atoms with Crippen LogP contribution in [0.5, 0.6) is 0 Å². The Morgan fingerprint density at radius 1 is 1.09 bits per heavy atom. The molecule has 0 aliphatic heterocycles. The number of hydrogen-bond acceptors (Lipinski definition) is 1. The lowest BCUT2D eigenvalue weighted by Gasteiger charge is -2.56. The first-order chi connectivity index (χ1) is 10.4. The van der Waals surface area contributed by atoms with Crippen molar-refractivity contribution in [1.29, 1.82) is 0 Å². The zero-order chi connectivity index (χ0) is 15.7. The van der Waals surface area contributed by atoms with Gasteiger partial charge in [-0.1, -0.05) is 27.2 Å². The Bertz CT molecular complexity index is 550. The fourth-order valence-corrected chi connectivity index (χ4v) is 6.89. The molecule has 4 rings (SSSR count). The molecule has 4 aliphatic carbocycles. The molecule has 0 heterocycles. The van der Waals surface area contributed by atoms with Gasteiger partial charge in [-0.15, -0.1) is 0 Å². The van der Waals surface area contributed by atoms with E-state index in [4.69, 9.17) is 0 Å². The largest absolute Gasteiger partial charge is 0.299 e. The summed E-state index contributed by atoms with van der Waals surface area (Å²) in [5, 5.41) is 0. The second-order valence-corrected chi connectivity index (χ2v) is 9.05. The fourth-order valence-electron chi connectivity index (χ4n) is 6.89. The average Bonchev–Trinajstić information content (AvgIpc) is 2.71. The summed E-state index contributed by atoms with van der Waals surface area (Å²) in [5.74, 6) is 2.26. The monoisotopic (exact) mass is 304 g/mol. The number of hydrogen-bond donors (Lipinski definition) is 0. The van der Waals surface area contributed by atoms with Gasteiger partial charge in [0.2, 0.25) is 0 Å². The standard InChI is InChI=1S/C20H29FO/c1-12-10-16-13-11-17(21)15-6-4-5-8-19(15,2)14(13)7-9-20(16,3)18(12)22/h12-14,16H,4-11H2,1-3H3/t12-,13+,14-,16-,19+,20-/m0/s1. The van der Waals surface area contributed by atoms with Gasteiger partial charge in [-0.25, -0.2) is 4.39 Å². The first-order valence-corrected chi connectivity index (χ1v) is 9.30. The Labute approximate surface area is 133 Å². The fraction of sp³-hybridized carbons (Fsp3) is 0.850. The summed E-state index contributed by atoms with van der Waals surface area (Å²) in [7, 11) is 0. The third-order valence-corrected chi connectivity index (χ3v) is 8.07. The van der Waals surface area contributed by atoms with Crippen molar-refractivity contribution < 1.29 is 9.18 Å². The van der Waals surface area contributed by atoms with Crippen molar-refractivity contribution >= 4 is 5.78 Å². The lowest BCUT2D eigenvalue weighted by Crippen LogP contribution is -2.50. The van der Waals surface area contributed by atoms with Crippen LogP contribution in [0.25, 0.3) is 0 Å². The Balaban J connectivity index is 1.75. The number of ketones is 1. The lowest BCUT2D eigenvalue weighted by atomic mass is 9.48. The minimum absolute atomic E-state index is 0.0848. The van der Waals surface area contributed by atoms with Crippen molar-refractivity contribution in [3.63, 3.8) is 0 Å². The first-order valence-electron chi connectivity index (χ1n) is 9.30. The highest BCUT2D eigenvalue weighted by molar-refractivity contribution is 5.89. The van der Waals surface area contributed by atoms with Crippen LogP contribution in [0, 0.1) is 34.5 Å². The summed E-state index contributed by atoms with van der Waals surface area (Å²) in [5.41, 5.74) is 1.08. The summed E-state index contributed by atoms with van der Waals surface area (Å²) in [6.07, 6.45) is 8.31. The molecule has 3 fully saturated rings. The number of fused-ring (bicyclic) bond motifs is 5. The Morgan fingerprint density at radius 3 is 2.64 bits per heavy atom. The number of rotatable bonds is 0. The second-order valence-electron chi connectivity index (χ2n) is 9.05. The van der Waals surface area contributed by atoms with E-state index in [1.807, 2.05) is 0 Å². The molecule has 4 aliphatic rings. The zero-order valence-electron chi connectivity index (χ0n) is 14.3. The highest BCUT2D eigenvalue weighted by Crippen LogP contribution is 2.65. The molecule has 0 saturated heterocycles. The molecule has 0 unspecified atom stereocenters. The Hall–Kier alpha value is -0.660. The quantitative estimate of drug-likeness (QED) is 0.581. The average molecular weight is 304 g/mol. The predicted molar refractivity (Wildman–Crippen MR) is 85.9 cm³/mol. The van der Waals surface area contributed by atoms with Crippen LogP contribution in [0.1, 0.15) is 72.1 Å². The summed E-state index contributed by atoms with van der Waals surface area (Å²) in [4.78, 5) is 12.7. The van der Waals surface area contributed by atoms with E-state index in [1.165, 1.54) is 6.42 Å². The summed E-state index contributed by atoms with van der Waals surface area (Å²) in [6.45, 7) is 6.60. The molecule has 2 heteroatoms. The molecule has 0 aromatic rings. The maximum atomic E-state index is 14.9. The van der Waals surface area contributed by atoms with E-state index in [0.29, 0.717) is 30.0 Å². The van der Waals surface area contributed by atoms with Gasteiger partial charge < -0.3 is 0 Å². The van der Waals surface area contributed by atoms with E-state index in [1.54, 1.807) is 0 Å². The molecule has 0 bridgehead atoms. The van der Waals surface area contributed by atoms with Gasteiger partial charge in [-0.2, -0.15) is 0 Å². The molecular weight excluding hydrogens is 275 g/mol. The number of Topliss-reactive ketones (excluding diaryl/α,β-unsaturated/α-hetero) is 1. The maximum absolute atomic E-state index is 14.9. The van der Waals surface area contributed by atoms with E-state index in [0.717, 1.165) is 44.1 Å². The van der Waals surface area contributed by atoms with E-state index < -0.39 is 0 Å². The van der Waals surface area contributed by atoms with Gasteiger partial charge >= 0.3 is 0 Å². The van der Waals surface area contributed by atoms with E-state index in [9.17, 15) is 9.18 Å². The van der Waals surface area contributed by atoms with Crippen molar-refractivity contribution in [1.82, 2.24) is 0 Å². The van der Waals surface area contributed by atoms with Crippen LogP contribution in [-0.2, 0) is 4.79 Å². The molecule has 0 aromatic carbocycles. The highest BCUT2D eigenvalue weighted by Gasteiger charge is 2.60. The van der Waals surface area contributed by atoms with Crippen LogP contribution in [0.15, 0.2) is 11.4 Å². The number of halogens is 1. The van der Waals surface area contributed by atoms with E-state index >= 15 is 0 Å². The lowest BCUT2D eigenvalue weighted by molar-refractivity contribution is -0.134. The molecule has 6 atom stereocenters. The molecule has 0 N–H and O–H groups in total. The SMILES string of the molecule is C[C@H]1C[C@H]2[C@@H]3CC(F)=C4CCCC[C@]4(C)[C@H]3CC[C@]2(C)C1=O. The minimum Gasteiger partial charge on any atom is -0.299 e. The highest BCUT2D eigenvalue weighted by atomic mass is 19.1. The van der Waals surface area contributed by atoms with Crippen LogP contribution >= 0.6 is 0 Å². The van der Waals surface area contributed by atoms with Crippen molar-refractivity contribution in [2.24, 2.45) is 34.5 Å². The summed E-state index contributed by atoms with van der Waals surface area (Å²) < 4.78 is 14.9. The van der Waals surface area contributed by atoms with Crippen LogP contribution in [0.2, 0.25) is 0 Å². The molecule has 0 radical (unpaired) electrons. The van der Waals surface area contributed by atoms with Crippen LogP contribution in [0.4, 0.5) is 4.39 Å². The van der Waals surface area contributed by atoms with Crippen molar-refractivity contribution in [2.45, 2.75) is 72.1 Å².